The van der Waals surface area contributed by atoms with Crippen LogP contribution in [0.25, 0.3) is 11.0 Å². The molecule has 1 aromatic carbocycles. The number of fused-ring (bicyclic) bond motifs is 1. The third kappa shape index (κ3) is 3.22. The van der Waals surface area contributed by atoms with Crippen molar-refractivity contribution < 1.29 is 27.5 Å². The molecule has 0 amide bonds. The van der Waals surface area contributed by atoms with Crippen LogP contribution in [0.5, 0.6) is 0 Å². The van der Waals surface area contributed by atoms with E-state index in [1.165, 1.54) is 12.1 Å². The molecule has 26 heavy (non-hydrogen) atoms. The molecule has 0 fully saturated rings. The zero-order valence-electron chi connectivity index (χ0n) is 14.0. The predicted octanol–water partition coefficient (Wildman–Crippen LogP) is 4.49. The molecule has 0 saturated carbocycles. The molecule has 0 bridgehead atoms. The van der Waals surface area contributed by atoms with E-state index in [0.717, 1.165) is 6.20 Å². The van der Waals surface area contributed by atoms with Gasteiger partial charge in [0, 0.05) is 36.4 Å². The van der Waals surface area contributed by atoms with Crippen LogP contribution in [0.3, 0.4) is 0 Å². The minimum absolute atomic E-state index is 0.0319. The number of nitrogens with zero attached hydrogens (tertiary/aromatic N) is 2. The number of anilines is 1. The summed E-state index contributed by atoms with van der Waals surface area (Å²) in [5, 5.41) is 9.74. The fourth-order valence-electron chi connectivity index (χ4n) is 2.88. The zero-order chi connectivity index (χ0) is 19.1. The molecule has 3 rings (SSSR count). The quantitative estimate of drug-likeness (QED) is 0.739. The van der Waals surface area contributed by atoms with Gasteiger partial charge in [-0.15, -0.1) is 0 Å². The summed E-state index contributed by atoms with van der Waals surface area (Å²) < 4.78 is 44.7. The fourth-order valence-corrected chi connectivity index (χ4v) is 2.88. The van der Waals surface area contributed by atoms with Crippen molar-refractivity contribution in [3.8, 4) is 0 Å². The summed E-state index contributed by atoms with van der Waals surface area (Å²) in [6.45, 7) is 1.52. The Bertz CT molecular complexity index is 979. The van der Waals surface area contributed by atoms with Gasteiger partial charge in [-0.25, -0.2) is 4.79 Å². The lowest BCUT2D eigenvalue weighted by atomic mass is 10.1. The standard InChI is InChI=1S/C18H15F3N2O3/c1-10-15(17(24)25)13-8-12(5-6-14(13)26-10)23(2)9-11-4-3-7-22-16(11)18(19,20)21/h3-8H,9H2,1-2H3,(H,24,25). The van der Waals surface area contributed by atoms with Crippen molar-refractivity contribution in [2.75, 3.05) is 11.9 Å². The van der Waals surface area contributed by atoms with Crippen LogP contribution in [0.15, 0.2) is 40.9 Å². The van der Waals surface area contributed by atoms with Crippen LogP contribution < -0.4 is 4.90 Å². The lowest BCUT2D eigenvalue weighted by molar-refractivity contribution is -0.141. The van der Waals surface area contributed by atoms with Gasteiger partial charge in [0.2, 0.25) is 0 Å². The maximum atomic E-state index is 13.1. The molecule has 0 aliphatic carbocycles. The van der Waals surface area contributed by atoms with Crippen molar-refractivity contribution in [3.05, 3.63) is 59.1 Å². The number of benzene rings is 1. The number of hydrogen-bond donors (Lipinski definition) is 1. The molecular weight excluding hydrogens is 349 g/mol. The molecule has 0 unspecified atom stereocenters. The number of carboxylic acids is 1. The van der Waals surface area contributed by atoms with E-state index < -0.39 is 17.8 Å². The number of pyridine rings is 1. The van der Waals surface area contributed by atoms with E-state index >= 15 is 0 Å². The summed E-state index contributed by atoms with van der Waals surface area (Å²) >= 11 is 0. The topological polar surface area (TPSA) is 66.6 Å². The average molecular weight is 364 g/mol. The molecule has 0 atom stereocenters. The van der Waals surface area contributed by atoms with Crippen LogP contribution in [0, 0.1) is 6.92 Å². The highest BCUT2D eigenvalue weighted by molar-refractivity contribution is 6.04. The van der Waals surface area contributed by atoms with Crippen molar-refractivity contribution in [2.45, 2.75) is 19.6 Å². The van der Waals surface area contributed by atoms with Crippen molar-refractivity contribution in [2.24, 2.45) is 0 Å². The van der Waals surface area contributed by atoms with E-state index in [1.54, 1.807) is 37.1 Å². The monoisotopic (exact) mass is 364 g/mol. The van der Waals surface area contributed by atoms with Gasteiger partial charge in [-0.05, 0) is 31.2 Å². The number of aromatic nitrogens is 1. The summed E-state index contributed by atoms with van der Waals surface area (Å²) in [6.07, 6.45) is -3.44. The number of halogens is 3. The Labute approximate surface area is 146 Å². The van der Waals surface area contributed by atoms with Gasteiger partial charge in [-0.1, -0.05) is 6.07 Å². The lowest BCUT2D eigenvalue weighted by Gasteiger charge is -2.21. The number of alkyl halides is 3. The fraction of sp³-hybridized carbons (Fsp3) is 0.222. The van der Waals surface area contributed by atoms with Crippen molar-refractivity contribution in [3.63, 3.8) is 0 Å². The zero-order valence-corrected chi connectivity index (χ0v) is 14.0. The lowest BCUT2D eigenvalue weighted by Crippen LogP contribution is -2.20. The highest BCUT2D eigenvalue weighted by Crippen LogP contribution is 2.32. The molecule has 136 valence electrons. The summed E-state index contributed by atoms with van der Waals surface area (Å²) in [5.41, 5.74) is 0.127. The van der Waals surface area contributed by atoms with Gasteiger partial charge in [0.1, 0.15) is 22.6 Å². The molecule has 0 spiro atoms. The van der Waals surface area contributed by atoms with Crippen LogP contribution in [0.2, 0.25) is 0 Å². The smallest absolute Gasteiger partial charge is 0.433 e. The van der Waals surface area contributed by atoms with Gasteiger partial charge >= 0.3 is 12.1 Å². The molecule has 5 nitrogen and oxygen atoms in total. The number of rotatable bonds is 4. The first-order valence-corrected chi connectivity index (χ1v) is 7.67. The number of aryl methyl sites for hydroxylation is 1. The Morgan fingerprint density at radius 2 is 2.04 bits per heavy atom. The normalized spacial score (nSPS) is 11.7. The van der Waals surface area contributed by atoms with Gasteiger partial charge in [0.25, 0.3) is 0 Å². The molecule has 0 aliphatic rings. The number of carbonyl (C=O) groups is 1. The van der Waals surface area contributed by atoms with Crippen LogP contribution >= 0.6 is 0 Å². The van der Waals surface area contributed by atoms with E-state index in [2.05, 4.69) is 4.98 Å². The maximum absolute atomic E-state index is 13.1. The summed E-state index contributed by atoms with van der Waals surface area (Å²) in [5.74, 6) is -0.841. The Balaban J connectivity index is 1.98. The highest BCUT2D eigenvalue weighted by atomic mass is 19.4. The molecule has 1 N–H and O–H groups in total. The van der Waals surface area contributed by atoms with Gasteiger partial charge < -0.3 is 14.4 Å². The Kier molecular flexibility index (Phi) is 4.35. The third-order valence-corrected chi connectivity index (χ3v) is 4.07. The Morgan fingerprint density at radius 3 is 2.69 bits per heavy atom. The van der Waals surface area contributed by atoms with Gasteiger partial charge in [0.05, 0.1) is 0 Å². The molecule has 0 saturated heterocycles. The minimum atomic E-state index is -4.54. The maximum Gasteiger partial charge on any atom is 0.433 e. The van der Waals surface area contributed by atoms with Crippen LogP contribution in [0.1, 0.15) is 27.4 Å². The number of carboxylic acid groups (broad SMARTS) is 1. The molecule has 0 radical (unpaired) electrons. The second-order valence-electron chi connectivity index (χ2n) is 5.88. The molecule has 3 aromatic rings. The van der Waals surface area contributed by atoms with Gasteiger partial charge in [-0.3, -0.25) is 4.98 Å². The van der Waals surface area contributed by atoms with Crippen molar-refractivity contribution in [1.29, 1.82) is 0 Å². The van der Waals surface area contributed by atoms with Crippen LogP contribution in [-0.2, 0) is 12.7 Å². The van der Waals surface area contributed by atoms with E-state index in [9.17, 15) is 23.1 Å². The Hall–Kier alpha value is -3.03. The number of hydrogen-bond acceptors (Lipinski definition) is 4. The number of aromatic carboxylic acids is 1. The van der Waals surface area contributed by atoms with Gasteiger partial charge in [-0.2, -0.15) is 13.2 Å². The van der Waals surface area contributed by atoms with E-state index in [0.29, 0.717) is 16.7 Å². The highest BCUT2D eigenvalue weighted by Gasteiger charge is 2.35. The summed E-state index contributed by atoms with van der Waals surface area (Å²) in [4.78, 5) is 16.5. The first kappa shape index (κ1) is 17.8. The SMILES string of the molecule is Cc1oc2ccc(N(C)Cc3cccnc3C(F)(F)F)cc2c1C(=O)O. The van der Waals surface area contributed by atoms with E-state index in [4.69, 9.17) is 4.42 Å². The largest absolute Gasteiger partial charge is 0.478 e. The molecular formula is C18H15F3N2O3. The van der Waals surface area contributed by atoms with Crippen molar-refractivity contribution >= 4 is 22.6 Å². The Morgan fingerprint density at radius 1 is 1.31 bits per heavy atom. The van der Waals surface area contributed by atoms with Crippen molar-refractivity contribution in [1.82, 2.24) is 4.98 Å². The molecule has 0 aliphatic heterocycles. The third-order valence-electron chi connectivity index (χ3n) is 4.07. The number of furan rings is 1. The summed E-state index contributed by atoms with van der Waals surface area (Å²) in [7, 11) is 1.63. The first-order chi connectivity index (χ1) is 12.2. The summed E-state index contributed by atoms with van der Waals surface area (Å²) in [6, 6.07) is 7.69. The molecule has 2 heterocycles. The van der Waals surface area contributed by atoms with Gasteiger partial charge in [0.15, 0.2) is 0 Å². The molecule has 2 aromatic heterocycles. The van der Waals surface area contributed by atoms with Crippen LogP contribution in [-0.4, -0.2) is 23.1 Å². The minimum Gasteiger partial charge on any atom is -0.478 e. The van der Waals surface area contributed by atoms with Crippen LogP contribution in [0.4, 0.5) is 18.9 Å². The molecule has 8 heteroatoms. The predicted molar refractivity (Wildman–Crippen MR) is 89.3 cm³/mol. The second-order valence-corrected chi connectivity index (χ2v) is 5.88. The second kappa shape index (κ2) is 6.36. The van der Waals surface area contributed by atoms with E-state index in [1.807, 2.05) is 0 Å². The average Bonchev–Trinajstić information content (AvgIpc) is 2.89. The first-order valence-electron chi connectivity index (χ1n) is 7.67. The van der Waals surface area contributed by atoms with E-state index in [-0.39, 0.29) is 23.4 Å².